The van der Waals surface area contributed by atoms with Crippen LogP contribution in [0.4, 0.5) is 17.3 Å². The molecule has 0 fully saturated rings. The van der Waals surface area contributed by atoms with Crippen LogP contribution in [0.2, 0.25) is 0 Å². The van der Waals surface area contributed by atoms with Gasteiger partial charge in [-0.1, -0.05) is 208 Å². The van der Waals surface area contributed by atoms with Gasteiger partial charge in [-0.25, -0.2) is 9.97 Å². The van der Waals surface area contributed by atoms with E-state index in [1.807, 2.05) is 6.20 Å². The van der Waals surface area contributed by atoms with Crippen LogP contribution in [-0.4, -0.2) is 9.97 Å². The van der Waals surface area contributed by atoms with E-state index >= 15 is 0 Å². The topological polar surface area (TPSA) is 29.0 Å². The molecule has 0 atom stereocenters. The molecular formula is C62H43N3. The Morgan fingerprint density at radius 1 is 0.369 bits per heavy atom. The second-order valence-corrected chi connectivity index (χ2v) is 18.0. The zero-order valence-corrected chi connectivity index (χ0v) is 36.2. The summed E-state index contributed by atoms with van der Waals surface area (Å²) in [7, 11) is 0. The van der Waals surface area contributed by atoms with Crippen LogP contribution in [0.5, 0.6) is 0 Å². The van der Waals surface area contributed by atoms with E-state index in [9.17, 15) is 0 Å². The van der Waals surface area contributed by atoms with Gasteiger partial charge in [-0.15, -0.1) is 0 Å². The minimum atomic E-state index is -0.511. The number of anilines is 3. The number of hydrogen-bond donors (Lipinski definition) is 0. The molecule has 10 aromatic rings. The van der Waals surface area contributed by atoms with Crippen LogP contribution in [-0.2, 0) is 10.8 Å². The van der Waals surface area contributed by atoms with Gasteiger partial charge in [-0.2, -0.15) is 0 Å². The molecule has 13 rings (SSSR count). The summed E-state index contributed by atoms with van der Waals surface area (Å²) in [5, 5.41) is 0. The molecule has 0 radical (unpaired) electrons. The molecule has 0 saturated carbocycles. The summed E-state index contributed by atoms with van der Waals surface area (Å²) in [6.07, 6.45) is 1.94. The van der Waals surface area contributed by atoms with Crippen LogP contribution >= 0.6 is 0 Å². The first-order chi connectivity index (χ1) is 32.0. The number of nitrogens with zero attached hydrogens (tertiary/aromatic N) is 3. The lowest BCUT2D eigenvalue weighted by Crippen LogP contribution is -2.26. The number of rotatable bonds is 6. The average Bonchev–Trinajstić information content (AvgIpc) is 3.93. The Balaban J connectivity index is 1.10. The molecule has 3 nitrogen and oxygen atoms in total. The fourth-order valence-electron chi connectivity index (χ4n) is 11.7. The van der Waals surface area contributed by atoms with Gasteiger partial charge >= 0.3 is 0 Å². The third-order valence-electron chi connectivity index (χ3n) is 14.4. The molecular weight excluding hydrogens is 787 g/mol. The van der Waals surface area contributed by atoms with Crippen molar-refractivity contribution in [3.8, 4) is 66.9 Å². The number of hydrogen-bond acceptors (Lipinski definition) is 3. The van der Waals surface area contributed by atoms with Crippen molar-refractivity contribution in [1.29, 1.82) is 0 Å². The van der Waals surface area contributed by atoms with E-state index in [4.69, 9.17) is 9.97 Å². The van der Waals surface area contributed by atoms with Gasteiger partial charge in [0, 0.05) is 28.4 Å². The van der Waals surface area contributed by atoms with Crippen LogP contribution < -0.4 is 4.90 Å². The minimum Gasteiger partial charge on any atom is -0.279 e. The van der Waals surface area contributed by atoms with Gasteiger partial charge in [-0.05, 0) is 108 Å². The summed E-state index contributed by atoms with van der Waals surface area (Å²) in [6, 6.07) is 79.8. The summed E-state index contributed by atoms with van der Waals surface area (Å²) in [4.78, 5) is 13.2. The largest absolute Gasteiger partial charge is 0.279 e. The van der Waals surface area contributed by atoms with Gasteiger partial charge in [0.25, 0.3) is 0 Å². The summed E-state index contributed by atoms with van der Waals surface area (Å²) in [5.74, 6) is 0.602. The summed E-state index contributed by atoms with van der Waals surface area (Å²) < 4.78 is 0. The number of aromatic nitrogens is 2. The van der Waals surface area contributed by atoms with Gasteiger partial charge in [0.1, 0.15) is 0 Å². The van der Waals surface area contributed by atoms with E-state index in [0.29, 0.717) is 5.95 Å². The first-order valence-corrected chi connectivity index (χ1v) is 22.6. The van der Waals surface area contributed by atoms with Crippen LogP contribution in [0, 0.1) is 0 Å². The molecule has 1 spiro atoms. The molecule has 0 N–H and O–H groups in total. The molecule has 3 aliphatic rings. The Labute approximate surface area is 380 Å². The molecule has 0 amide bonds. The van der Waals surface area contributed by atoms with Crippen molar-refractivity contribution < 1.29 is 0 Å². The summed E-state index contributed by atoms with van der Waals surface area (Å²) in [6.45, 7) is 4.67. The van der Waals surface area contributed by atoms with Crippen LogP contribution in [0.1, 0.15) is 47.2 Å². The quantitative estimate of drug-likeness (QED) is 0.167. The second-order valence-electron chi connectivity index (χ2n) is 18.0. The van der Waals surface area contributed by atoms with Crippen LogP contribution in [0.25, 0.3) is 66.9 Å². The third kappa shape index (κ3) is 5.30. The normalized spacial score (nSPS) is 13.9. The maximum absolute atomic E-state index is 5.64. The van der Waals surface area contributed by atoms with Gasteiger partial charge < -0.3 is 0 Å². The van der Waals surface area contributed by atoms with Crippen molar-refractivity contribution in [3.05, 3.63) is 258 Å². The lowest BCUT2D eigenvalue weighted by molar-refractivity contribution is 0.660. The van der Waals surface area contributed by atoms with Crippen molar-refractivity contribution in [2.24, 2.45) is 0 Å². The van der Waals surface area contributed by atoms with E-state index in [1.54, 1.807) is 0 Å². The zero-order chi connectivity index (χ0) is 43.3. The fourth-order valence-corrected chi connectivity index (χ4v) is 11.7. The highest BCUT2D eigenvalue weighted by molar-refractivity contribution is 5.99. The van der Waals surface area contributed by atoms with Crippen molar-refractivity contribution in [1.82, 2.24) is 9.97 Å². The molecule has 0 aliphatic heterocycles. The molecule has 306 valence electrons. The maximum atomic E-state index is 5.64. The van der Waals surface area contributed by atoms with E-state index in [-0.39, 0.29) is 5.41 Å². The molecule has 0 unspecified atom stereocenters. The van der Waals surface area contributed by atoms with Gasteiger partial charge in [0.2, 0.25) is 5.95 Å². The second kappa shape index (κ2) is 14.2. The van der Waals surface area contributed by atoms with Crippen molar-refractivity contribution >= 4 is 17.3 Å². The molecule has 9 aromatic carbocycles. The highest BCUT2D eigenvalue weighted by Crippen LogP contribution is 2.63. The summed E-state index contributed by atoms with van der Waals surface area (Å²) in [5.41, 5.74) is 23.3. The standard InChI is InChI=1S/C62H43N3/c1-61(2)50-29-13-12-26-48(50)59-49(28-17-33-54(59)61)56-37-38-63-60(64-56)65(57-34-18-27-43(40-19-5-3-6-20-40)58(57)41-21-7-4-8-22-41)42-35-36-47-46-25-11-16-32-53(46)62(55(47)39-42)51-30-14-9-23-44(51)45-24-10-15-31-52(45)62/h3-39H,1-2H3. The highest BCUT2D eigenvalue weighted by Gasteiger charge is 2.51. The van der Waals surface area contributed by atoms with Crippen molar-refractivity contribution in [2.45, 2.75) is 24.7 Å². The Morgan fingerprint density at radius 3 is 1.54 bits per heavy atom. The fraction of sp³-hybridized carbons (Fsp3) is 0.0645. The summed E-state index contributed by atoms with van der Waals surface area (Å²) >= 11 is 0. The Hall–Kier alpha value is -8.14. The molecule has 65 heavy (non-hydrogen) atoms. The predicted octanol–water partition coefficient (Wildman–Crippen LogP) is 15.6. The first-order valence-electron chi connectivity index (χ1n) is 22.6. The maximum Gasteiger partial charge on any atom is 0.235 e. The minimum absolute atomic E-state index is 0.137. The van der Waals surface area contributed by atoms with E-state index in [2.05, 4.69) is 237 Å². The van der Waals surface area contributed by atoms with Crippen molar-refractivity contribution in [3.63, 3.8) is 0 Å². The molecule has 3 heteroatoms. The molecule has 3 aliphatic carbocycles. The monoisotopic (exact) mass is 829 g/mol. The third-order valence-corrected chi connectivity index (χ3v) is 14.4. The van der Waals surface area contributed by atoms with E-state index in [1.165, 1.54) is 66.8 Å². The van der Waals surface area contributed by atoms with E-state index < -0.39 is 5.41 Å². The predicted molar refractivity (Wildman–Crippen MR) is 267 cm³/mol. The van der Waals surface area contributed by atoms with Gasteiger partial charge in [-0.3, -0.25) is 4.90 Å². The molecule has 0 saturated heterocycles. The average molecular weight is 830 g/mol. The molecule has 0 bridgehead atoms. The lowest BCUT2D eigenvalue weighted by Gasteiger charge is -2.32. The Morgan fingerprint density at radius 2 is 0.877 bits per heavy atom. The van der Waals surface area contributed by atoms with E-state index in [0.717, 1.165) is 44.9 Å². The highest BCUT2D eigenvalue weighted by atomic mass is 15.3. The molecule has 1 aromatic heterocycles. The lowest BCUT2D eigenvalue weighted by atomic mass is 9.70. The zero-order valence-electron chi connectivity index (χ0n) is 36.2. The van der Waals surface area contributed by atoms with Crippen LogP contribution in [0.3, 0.4) is 0 Å². The van der Waals surface area contributed by atoms with Crippen LogP contribution in [0.15, 0.2) is 225 Å². The Bertz CT molecular complexity index is 3470. The van der Waals surface area contributed by atoms with Crippen molar-refractivity contribution in [2.75, 3.05) is 4.90 Å². The van der Waals surface area contributed by atoms with Gasteiger partial charge in [0.15, 0.2) is 0 Å². The number of fused-ring (bicyclic) bond motifs is 13. The Kier molecular flexibility index (Phi) is 8.17. The molecule has 1 heterocycles. The van der Waals surface area contributed by atoms with Gasteiger partial charge in [0.05, 0.1) is 16.8 Å². The smallest absolute Gasteiger partial charge is 0.235 e. The number of benzene rings is 9. The first kappa shape index (κ1) is 37.4. The SMILES string of the molecule is CC1(C)c2ccccc2-c2c(-c3ccnc(N(c4ccc5c(c4)C4(c6ccccc6-c6ccccc64)c4ccccc4-5)c4cccc(-c5ccccc5)c4-c4ccccc4)n3)cccc21.